The number of anilines is 1. The number of benzene rings is 1. The molecule has 2 aromatic rings. The number of aromatic nitrogens is 2. The number of piperidine rings is 1. The van der Waals surface area contributed by atoms with E-state index >= 15 is 0 Å². The molecule has 10 heteroatoms. The van der Waals surface area contributed by atoms with E-state index in [1.54, 1.807) is 17.0 Å². The van der Waals surface area contributed by atoms with Crippen molar-refractivity contribution in [2.24, 2.45) is 0 Å². The molecule has 2 saturated heterocycles. The zero-order chi connectivity index (χ0) is 23.4. The summed E-state index contributed by atoms with van der Waals surface area (Å²) < 4.78 is 45.7. The van der Waals surface area contributed by atoms with Crippen molar-refractivity contribution in [1.29, 1.82) is 0 Å². The Balaban J connectivity index is 1.47. The number of carbonyl (C=O) groups is 1. The highest BCUT2D eigenvalue weighted by Crippen LogP contribution is 2.33. The van der Waals surface area contributed by atoms with Crippen molar-refractivity contribution in [2.45, 2.75) is 49.3 Å². The van der Waals surface area contributed by atoms with E-state index in [1.807, 2.05) is 24.0 Å². The summed E-state index contributed by atoms with van der Waals surface area (Å²) in [6.07, 6.45) is -1.59. The summed E-state index contributed by atoms with van der Waals surface area (Å²) in [5.74, 6) is 0.694. The largest absolute Gasteiger partial charge is 0.433 e. The number of alkyl halides is 3. The number of rotatable bonds is 5. The number of amides is 1. The van der Waals surface area contributed by atoms with Crippen molar-refractivity contribution >= 4 is 23.5 Å². The molecule has 2 aliphatic rings. The normalized spacial score (nSPS) is 19.6. The molecule has 0 aliphatic carbocycles. The highest BCUT2D eigenvalue weighted by atomic mass is 32.2. The van der Waals surface area contributed by atoms with Crippen LogP contribution in [0.5, 0.6) is 0 Å². The maximum absolute atomic E-state index is 13.5. The Morgan fingerprint density at radius 1 is 1.12 bits per heavy atom. The van der Waals surface area contributed by atoms with Crippen LogP contribution in [0.2, 0.25) is 0 Å². The Hall–Kier alpha value is -2.33. The van der Waals surface area contributed by atoms with Gasteiger partial charge in [0, 0.05) is 43.1 Å². The first-order chi connectivity index (χ1) is 15.8. The smallest absolute Gasteiger partial charge is 0.378 e. The Morgan fingerprint density at radius 2 is 1.85 bits per heavy atom. The molecule has 178 valence electrons. The number of thioether (sulfide) groups is 1. The summed E-state index contributed by atoms with van der Waals surface area (Å²) in [5, 5.41) is 0.103. The molecule has 4 rings (SSSR count). The van der Waals surface area contributed by atoms with Crippen molar-refractivity contribution in [3.8, 4) is 0 Å². The topological polar surface area (TPSA) is 58.6 Å². The molecule has 0 N–H and O–H groups in total. The van der Waals surface area contributed by atoms with Crippen LogP contribution in [0.3, 0.4) is 0 Å². The van der Waals surface area contributed by atoms with Gasteiger partial charge in [-0.25, -0.2) is 9.97 Å². The van der Waals surface area contributed by atoms with Crippen molar-refractivity contribution in [3.05, 3.63) is 47.2 Å². The molecule has 1 aromatic heterocycles. The standard InChI is InChI=1S/C23H27F3N4O2S/c1-16-4-2-3-9-30(16)20-14-19(23(24,25)26)27-22(28-20)33-15-17-5-7-18(8-6-17)21(31)29-10-12-32-13-11-29/h5-8,14,16H,2-4,9-13,15H2,1H3. The molecule has 1 amide bonds. The third kappa shape index (κ3) is 5.97. The number of ether oxygens (including phenoxy) is 1. The zero-order valence-corrected chi connectivity index (χ0v) is 19.3. The first-order valence-electron chi connectivity index (χ1n) is 11.1. The van der Waals surface area contributed by atoms with Crippen LogP contribution in [0.1, 0.15) is 47.8 Å². The van der Waals surface area contributed by atoms with E-state index in [9.17, 15) is 18.0 Å². The zero-order valence-electron chi connectivity index (χ0n) is 18.5. The predicted octanol–water partition coefficient (Wildman–Crippen LogP) is 4.64. The summed E-state index contributed by atoms with van der Waals surface area (Å²) in [7, 11) is 0. The van der Waals surface area contributed by atoms with E-state index in [0.29, 0.717) is 50.0 Å². The third-order valence-electron chi connectivity index (χ3n) is 5.95. The molecule has 6 nitrogen and oxygen atoms in total. The summed E-state index contributed by atoms with van der Waals surface area (Å²) in [6.45, 7) is 4.92. The molecular weight excluding hydrogens is 453 g/mol. The van der Waals surface area contributed by atoms with Gasteiger partial charge in [-0.05, 0) is 43.9 Å². The second-order valence-electron chi connectivity index (χ2n) is 8.32. The van der Waals surface area contributed by atoms with Crippen molar-refractivity contribution < 1.29 is 22.7 Å². The quantitative estimate of drug-likeness (QED) is 0.459. The highest BCUT2D eigenvalue weighted by molar-refractivity contribution is 7.98. The molecule has 0 bridgehead atoms. The molecule has 0 saturated carbocycles. The second-order valence-corrected chi connectivity index (χ2v) is 9.26. The lowest BCUT2D eigenvalue weighted by atomic mass is 10.0. The van der Waals surface area contributed by atoms with Gasteiger partial charge in [0.1, 0.15) is 5.82 Å². The molecule has 1 unspecified atom stereocenters. The summed E-state index contributed by atoms with van der Waals surface area (Å²) >= 11 is 1.16. The minimum absolute atomic E-state index is 0.0426. The number of nitrogens with zero attached hydrogens (tertiary/aromatic N) is 4. The van der Waals surface area contributed by atoms with Gasteiger partial charge in [0.25, 0.3) is 5.91 Å². The van der Waals surface area contributed by atoms with Crippen molar-refractivity contribution in [3.63, 3.8) is 0 Å². The van der Waals surface area contributed by atoms with E-state index in [4.69, 9.17) is 4.74 Å². The van der Waals surface area contributed by atoms with Gasteiger partial charge in [-0.2, -0.15) is 13.2 Å². The molecule has 0 spiro atoms. The van der Waals surface area contributed by atoms with Crippen LogP contribution in [0.4, 0.5) is 19.0 Å². The fraction of sp³-hybridized carbons (Fsp3) is 0.522. The van der Waals surface area contributed by atoms with Gasteiger partial charge in [0.05, 0.1) is 13.2 Å². The lowest BCUT2D eigenvalue weighted by molar-refractivity contribution is -0.141. The lowest BCUT2D eigenvalue weighted by Gasteiger charge is -2.34. The van der Waals surface area contributed by atoms with E-state index < -0.39 is 11.9 Å². The molecule has 3 heterocycles. The molecule has 0 radical (unpaired) electrons. The van der Waals surface area contributed by atoms with Crippen LogP contribution >= 0.6 is 11.8 Å². The van der Waals surface area contributed by atoms with Crippen LogP contribution in [0, 0.1) is 0 Å². The number of carbonyl (C=O) groups excluding carboxylic acids is 1. The molecule has 33 heavy (non-hydrogen) atoms. The second kappa shape index (κ2) is 10.3. The lowest BCUT2D eigenvalue weighted by Crippen LogP contribution is -2.40. The third-order valence-corrected chi connectivity index (χ3v) is 6.87. The summed E-state index contributed by atoms with van der Waals surface area (Å²) in [4.78, 5) is 24.5. The van der Waals surface area contributed by atoms with Gasteiger partial charge >= 0.3 is 6.18 Å². The van der Waals surface area contributed by atoms with Crippen LogP contribution < -0.4 is 4.90 Å². The Morgan fingerprint density at radius 3 is 2.52 bits per heavy atom. The summed E-state index contributed by atoms with van der Waals surface area (Å²) in [5.41, 5.74) is 0.550. The molecule has 2 aliphatic heterocycles. The average Bonchev–Trinajstić information content (AvgIpc) is 2.83. The first-order valence-corrected chi connectivity index (χ1v) is 12.1. The number of morpholine rings is 1. The van der Waals surface area contributed by atoms with Crippen molar-refractivity contribution in [1.82, 2.24) is 14.9 Å². The highest BCUT2D eigenvalue weighted by Gasteiger charge is 2.35. The maximum Gasteiger partial charge on any atom is 0.433 e. The Bertz CT molecular complexity index is 965. The maximum atomic E-state index is 13.5. The minimum atomic E-state index is -4.53. The van der Waals surface area contributed by atoms with Gasteiger partial charge < -0.3 is 14.5 Å². The number of hydrogen-bond donors (Lipinski definition) is 0. The fourth-order valence-electron chi connectivity index (χ4n) is 4.05. The van der Waals surface area contributed by atoms with Crippen molar-refractivity contribution in [2.75, 3.05) is 37.7 Å². The minimum Gasteiger partial charge on any atom is -0.378 e. The van der Waals surface area contributed by atoms with Crippen LogP contribution in [-0.4, -0.2) is 59.7 Å². The van der Waals surface area contributed by atoms with Gasteiger partial charge in [-0.1, -0.05) is 23.9 Å². The molecular formula is C23H27F3N4O2S. The monoisotopic (exact) mass is 480 g/mol. The van der Waals surface area contributed by atoms with E-state index in [1.165, 1.54) is 0 Å². The van der Waals surface area contributed by atoms with Gasteiger partial charge in [0.15, 0.2) is 10.9 Å². The van der Waals surface area contributed by atoms with E-state index in [2.05, 4.69) is 9.97 Å². The SMILES string of the molecule is CC1CCCCN1c1cc(C(F)(F)F)nc(SCc2ccc(C(=O)N3CCOCC3)cc2)n1. The average molecular weight is 481 g/mol. The van der Waals surface area contributed by atoms with Crippen LogP contribution in [-0.2, 0) is 16.7 Å². The van der Waals surface area contributed by atoms with Crippen LogP contribution in [0.25, 0.3) is 0 Å². The first kappa shape index (κ1) is 23.8. The fourth-order valence-corrected chi connectivity index (χ4v) is 4.86. The van der Waals surface area contributed by atoms with Crippen LogP contribution in [0.15, 0.2) is 35.5 Å². The van der Waals surface area contributed by atoms with Gasteiger partial charge in [-0.3, -0.25) is 4.79 Å². The number of halogens is 3. The number of hydrogen-bond acceptors (Lipinski definition) is 6. The summed E-state index contributed by atoms with van der Waals surface area (Å²) in [6, 6.07) is 8.34. The van der Waals surface area contributed by atoms with Gasteiger partial charge in [-0.15, -0.1) is 0 Å². The van der Waals surface area contributed by atoms with E-state index in [0.717, 1.165) is 42.7 Å². The molecule has 2 fully saturated rings. The van der Waals surface area contributed by atoms with E-state index in [-0.39, 0.29) is 17.1 Å². The predicted molar refractivity (Wildman–Crippen MR) is 120 cm³/mol. The Kier molecular flexibility index (Phi) is 7.43. The molecule has 1 atom stereocenters. The Labute approximate surface area is 195 Å². The molecule has 1 aromatic carbocycles. The van der Waals surface area contributed by atoms with Gasteiger partial charge in [0.2, 0.25) is 0 Å².